The maximum atomic E-state index is 12.8. The van der Waals surface area contributed by atoms with Crippen molar-refractivity contribution >= 4 is 15.7 Å². The number of rotatable bonds is 8. The summed E-state index contributed by atoms with van der Waals surface area (Å²) in [6.45, 7) is -0.0455. The van der Waals surface area contributed by atoms with Crippen LogP contribution in [0.4, 0.5) is 10.1 Å². The Balaban J connectivity index is 1.51. The lowest BCUT2D eigenvalue weighted by Crippen LogP contribution is -2.21. The molecule has 0 aliphatic rings. The van der Waals surface area contributed by atoms with E-state index in [4.69, 9.17) is 9.47 Å². The molecular formula is C20H18FNO4S. The van der Waals surface area contributed by atoms with Crippen LogP contribution in [0.5, 0.6) is 17.2 Å². The number of sulfonamides is 1. The van der Waals surface area contributed by atoms with Crippen molar-refractivity contribution in [1.82, 2.24) is 0 Å². The van der Waals surface area contributed by atoms with Crippen LogP contribution in [0.3, 0.4) is 0 Å². The molecule has 0 amide bonds. The van der Waals surface area contributed by atoms with Gasteiger partial charge in [0.05, 0.1) is 0 Å². The van der Waals surface area contributed by atoms with Gasteiger partial charge in [0.2, 0.25) is 10.0 Å². The average molecular weight is 387 g/mol. The van der Waals surface area contributed by atoms with Gasteiger partial charge in [-0.25, -0.2) is 12.8 Å². The minimum Gasteiger partial charge on any atom is -0.492 e. The number of para-hydroxylation sites is 1. The fourth-order valence-corrected chi connectivity index (χ4v) is 3.15. The van der Waals surface area contributed by atoms with Crippen molar-refractivity contribution in [2.75, 3.05) is 17.1 Å². The van der Waals surface area contributed by atoms with Crippen LogP contribution >= 0.6 is 0 Å². The minimum atomic E-state index is -3.57. The van der Waals surface area contributed by atoms with Gasteiger partial charge in [-0.05, 0) is 60.7 Å². The number of nitrogens with one attached hydrogen (secondary N) is 1. The molecule has 0 spiro atoms. The van der Waals surface area contributed by atoms with Gasteiger partial charge >= 0.3 is 0 Å². The fourth-order valence-electron chi connectivity index (χ4n) is 2.25. The highest BCUT2D eigenvalue weighted by Crippen LogP contribution is 2.23. The summed E-state index contributed by atoms with van der Waals surface area (Å²) in [4.78, 5) is 0. The molecule has 0 saturated heterocycles. The topological polar surface area (TPSA) is 64.6 Å². The van der Waals surface area contributed by atoms with E-state index in [1.165, 1.54) is 24.3 Å². The molecule has 0 radical (unpaired) electrons. The standard InChI is InChI=1S/C20H18FNO4S/c21-16-6-10-18(11-7-16)25-14-15-27(23,24)22-17-8-12-20(13-9-17)26-19-4-2-1-3-5-19/h1-13,22H,14-15H2. The van der Waals surface area contributed by atoms with Gasteiger partial charge in [-0.1, -0.05) is 18.2 Å². The van der Waals surface area contributed by atoms with Crippen molar-refractivity contribution in [2.24, 2.45) is 0 Å². The molecule has 0 atom stereocenters. The van der Waals surface area contributed by atoms with Crippen molar-refractivity contribution in [2.45, 2.75) is 0 Å². The van der Waals surface area contributed by atoms with E-state index in [1.54, 1.807) is 24.3 Å². The third-order valence-electron chi connectivity index (χ3n) is 3.54. The van der Waals surface area contributed by atoms with Gasteiger partial charge in [-0.15, -0.1) is 0 Å². The molecule has 0 heterocycles. The Morgan fingerprint density at radius 2 is 1.37 bits per heavy atom. The number of ether oxygens (including phenoxy) is 2. The molecule has 0 saturated carbocycles. The number of hydrogen-bond acceptors (Lipinski definition) is 4. The molecule has 1 N–H and O–H groups in total. The van der Waals surface area contributed by atoms with Crippen LogP contribution in [0, 0.1) is 5.82 Å². The van der Waals surface area contributed by atoms with Crippen LogP contribution in [-0.4, -0.2) is 20.8 Å². The molecular weight excluding hydrogens is 369 g/mol. The van der Waals surface area contributed by atoms with Gasteiger partial charge in [-0.3, -0.25) is 4.72 Å². The number of halogens is 1. The SMILES string of the molecule is O=S(=O)(CCOc1ccc(F)cc1)Nc1ccc(Oc2ccccc2)cc1. The summed E-state index contributed by atoms with van der Waals surface area (Å²) in [5.41, 5.74) is 0.428. The molecule has 0 unspecified atom stereocenters. The Bertz CT molecular complexity index is 959. The Morgan fingerprint density at radius 1 is 0.778 bits per heavy atom. The van der Waals surface area contributed by atoms with E-state index >= 15 is 0 Å². The van der Waals surface area contributed by atoms with E-state index in [9.17, 15) is 12.8 Å². The van der Waals surface area contributed by atoms with Gasteiger partial charge < -0.3 is 9.47 Å². The Hall–Kier alpha value is -3.06. The molecule has 0 aliphatic heterocycles. The first-order valence-corrected chi connectivity index (χ1v) is 9.87. The zero-order valence-corrected chi connectivity index (χ0v) is 15.2. The first-order chi connectivity index (χ1) is 13.0. The van der Waals surface area contributed by atoms with Crippen LogP contribution in [0.25, 0.3) is 0 Å². The van der Waals surface area contributed by atoms with Crippen molar-refractivity contribution in [3.63, 3.8) is 0 Å². The molecule has 0 fully saturated rings. The fraction of sp³-hybridized carbons (Fsp3) is 0.100. The Morgan fingerprint density at radius 3 is 2.04 bits per heavy atom. The van der Waals surface area contributed by atoms with Crippen LogP contribution in [-0.2, 0) is 10.0 Å². The summed E-state index contributed by atoms with van der Waals surface area (Å²) in [5.74, 6) is 1.10. The molecule has 3 rings (SSSR count). The van der Waals surface area contributed by atoms with Crippen LogP contribution in [0.1, 0.15) is 0 Å². The van der Waals surface area contributed by atoms with Crippen molar-refractivity contribution in [1.29, 1.82) is 0 Å². The molecule has 5 nitrogen and oxygen atoms in total. The second-order valence-corrected chi connectivity index (χ2v) is 7.50. The number of anilines is 1. The first-order valence-electron chi connectivity index (χ1n) is 8.22. The molecule has 140 valence electrons. The quantitative estimate of drug-likeness (QED) is 0.621. The zero-order valence-electron chi connectivity index (χ0n) is 14.3. The second-order valence-electron chi connectivity index (χ2n) is 5.66. The van der Waals surface area contributed by atoms with Crippen molar-refractivity contribution in [3.8, 4) is 17.2 Å². The van der Waals surface area contributed by atoms with E-state index in [2.05, 4.69) is 4.72 Å². The van der Waals surface area contributed by atoms with E-state index in [1.807, 2.05) is 30.3 Å². The molecule has 7 heteroatoms. The third kappa shape index (κ3) is 6.00. The van der Waals surface area contributed by atoms with Gasteiger partial charge in [0, 0.05) is 5.69 Å². The largest absolute Gasteiger partial charge is 0.492 e. The predicted octanol–water partition coefficient (Wildman–Crippen LogP) is 4.44. The highest BCUT2D eigenvalue weighted by Gasteiger charge is 2.11. The minimum absolute atomic E-state index is 0.0455. The normalized spacial score (nSPS) is 11.0. The Kier molecular flexibility index (Phi) is 5.93. The maximum Gasteiger partial charge on any atom is 0.236 e. The second kappa shape index (κ2) is 8.55. The third-order valence-corrected chi connectivity index (χ3v) is 4.79. The number of hydrogen-bond donors (Lipinski definition) is 1. The summed E-state index contributed by atoms with van der Waals surface area (Å²) >= 11 is 0. The average Bonchev–Trinajstić information content (AvgIpc) is 2.65. The van der Waals surface area contributed by atoms with Gasteiger partial charge in [0.1, 0.15) is 35.4 Å². The van der Waals surface area contributed by atoms with E-state index in [0.717, 1.165) is 0 Å². The van der Waals surface area contributed by atoms with E-state index < -0.39 is 10.0 Å². The summed E-state index contributed by atoms with van der Waals surface area (Å²) < 4.78 is 50.6. The molecule has 27 heavy (non-hydrogen) atoms. The monoisotopic (exact) mass is 387 g/mol. The van der Waals surface area contributed by atoms with Gasteiger partial charge in [0.15, 0.2) is 0 Å². The maximum absolute atomic E-state index is 12.8. The van der Waals surface area contributed by atoms with Crippen LogP contribution in [0.15, 0.2) is 78.9 Å². The van der Waals surface area contributed by atoms with Crippen LogP contribution < -0.4 is 14.2 Å². The smallest absolute Gasteiger partial charge is 0.236 e. The molecule has 0 bridgehead atoms. The number of benzene rings is 3. The lowest BCUT2D eigenvalue weighted by Gasteiger charge is -2.10. The molecule has 0 aromatic heterocycles. The zero-order chi connectivity index (χ0) is 19.1. The summed E-state index contributed by atoms with van der Waals surface area (Å²) in [6, 6.07) is 21.3. The molecule has 3 aromatic carbocycles. The summed E-state index contributed by atoms with van der Waals surface area (Å²) in [6.07, 6.45) is 0. The lowest BCUT2D eigenvalue weighted by molar-refractivity contribution is 0.340. The summed E-state index contributed by atoms with van der Waals surface area (Å²) in [7, 11) is -3.57. The highest BCUT2D eigenvalue weighted by molar-refractivity contribution is 7.92. The molecule has 3 aromatic rings. The van der Waals surface area contributed by atoms with E-state index in [0.29, 0.717) is 22.9 Å². The highest BCUT2D eigenvalue weighted by atomic mass is 32.2. The van der Waals surface area contributed by atoms with E-state index in [-0.39, 0.29) is 18.2 Å². The lowest BCUT2D eigenvalue weighted by atomic mass is 10.3. The van der Waals surface area contributed by atoms with Crippen molar-refractivity contribution in [3.05, 3.63) is 84.7 Å². The Labute approximate surface area is 157 Å². The first kappa shape index (κ1) is 18.7. The summed E-state index contributed by atoms with van der Waals surface area (Å²) in [5, 5.41) is 0. The van der Waals surface area contributed by atoms with Gasteiger partial charge in [0.25, 0.3) is 0 Å². The van der Waals surface area contributed by atoms with Crippen molar-refractivity contribution < 1.29 is 22.3 Å². The van der Waals surface area contributed by atoms with Crippen LogP contribution in [0.2, 0.25) is 0 Å². The molecule has 0 aliphatic carbocycles. The predicted molar refractivity (Wildman–Crippen MR) is 102 cm³/mol. The van der Waals surface area contributed by atoms with Gasteiger partial charge in [-0.2, -0.15) is 0 Å².